The molecule has 0 saturated heterocycles. The van der Waals surface area contributed by atoms with Gasteiger partial charge in [0, 0.05) is 30.3 Å². The number of rotatable bonds is 13. The number of furan rings is 1. The minimum Gasteiger partial charge on any atom is -0.461 e. The molecule has 0 bridgehead atoms. The van der Waals surface area contributed by atoms with Gasteiger partial charge in [-0.25, -0.2) is 4.68 Å². The number of nitrogens with zero attached hydrogens (tertiary/aromatic N) is 3. The van der Waals surface area contributed by atoms with Gasteiger partial charge in [-0.05, 0) is 89.0 Å². The molecule has 2 aromatic heterocycles. The monoisotopic (exact) mass is 592 g/mol. The van der Waals surface area contributed by atoms with E-state index in [1.54, 1.807) is 16.8 Å². The molecule has 0 saturated carbocycles. The lowest BCUT2D eigenvalue weighted by Crippen LogP contribution is -2.26. The maximum Gasteiger partial charge on any atom is 0.295 e. The van der Waals surface area contributed by atoms with Crippen LogP contribution in [-0.2, 0) is 18.3 Å². The Kier molecular flexibility index (Phi) is 9.79. The second-order valence-electron chi connectivity index (χ2n) is 12.1. The van der Waals surface area contributed by atoms with Crippen LogP contribution in [0.5, 0.6) is 0 Å². The topological polar surface area (TPSA) is 89.5 Å². The number of carbonyl (C=O) groups excluding carboxylic acids is 2. The third-order valence-electron chi connectivity index (χ3n) is 7.59. The summed E-state index contributed by atoms with van der Waals surface area (Å²) in [6, 6.07) is 14.7. The standard InChI is InChI=1S/C33H41ClN4O4/c1-22-18-23-19-24(34)20-26(31(23)42-22)28(39)15-16-33(2,3)21-29(40)35-30-27(14-10-11-17-36(4)5)37(6)38(32(30)41)25-12-8-7-9-13-25/h7-9,12-13,18-20H,10-11,14-17,21H2,1-6H3,(H,35,40). The summed E-state index contributed by atoms with van der Waals surface area (Å²) in [5.74, 6) is 0.374. The van der Waals surface area contributed by atoms with Crippen LogP contribution in [0.15, 0.2) is 57.7 Å². The Bertz CT molecular complexity index is 1630. The van der Waals surface area contributed by atoms with Crippen molar-refractivity contribution < 1.29 is 14.0 Å². The van der Waals surface area contributed by atoms with Crippen molar-refractivity contribution in [2.45, 2.75) is 59.3 Å². The van der Waals surface area contributed by atoms with Crippen molar-refractivity contribution in [1.29, 1.82) is 0 Å². The molecule has 4 aromatic rings. The highest BCUT2D eigenvalue weighted by molar-refractivity contribution is 6.32. The number of amides is 1. The van der Waals surface area contributed by atoms with E-state index in [9.17, 15) is 14.4 Å². The fraction of sp³-hybridized carbons (Fsp3) is 0.424. The first-order chi connectivity index (χ1) is 19.9. The number of Topliss-reactive ketones (excluding diaryl/α,β-unsaturated/α-hetero) is 1. The zero-order chi connectivity index (χ0) is 30.6. The second kappa shape index (κ2) is 13.1. The summed E-state index contributed by atoms with van der Waals surface area (Å²) in [7, 11) is 5.93. The number of hydrogen-bond donors (Lipinski definition) is 1. The van der Waals surface area contributed by atoms with Crippen molar-refractivity contribution in [3.63, 3.8) is 0 Å². The van der Waals surface area contributed by atoms with Crippen molar-refractivity contribution in [1.82, 2.24) is 14.3 Å². The molecule has 1 amide bonds. The van der Waals surface area contributed by atoms with Gasteiger partial charge in [0.25, 0.3) is 5.56 Å². The number of aromatic nitrogens is 2. The highest BCUT2D eigenvalue weighted by Crippen LogP contribution is 2.32. The van der Waals surface area contributed by atoms with Crippen LogP contribution < -0.4 is 10.9 Å². The number of hydrogen-bond acceptors (Lipinski definition) is 5. The molecule has 0 fully saturated rings. The van der Waals surface area contributed by atoms with Gasteiger partial charge in [-0.15, -0.1) is 0 Å². The minimum absolute atomic E-state index is 0.0841. The average molecular weight is 593 g/mol. The maximum absolute atomic E-state index is 13.6. The zero-order valence-corrected chi connectivity index (χ0v) is 26.2. The van der Waals surface area contributed by atoms with Gasteiger partial charge in [0.05, 0.1) is 16.9 Å². The lowest BCUT2D eigenvalue weighted by Gasteiger charge is -2.23. The number of benzene rings is 2. The van der Waals surface area contributed by atoms with Gasteiger partial charge in [-0.3, -0.25) is 19.1 Å². The number of unbranched alkanes of at least 4 members (excludes halogenated alkanes) is 1. The first-order valence-electron chi connectivity index (χ1n) is 14.4. The summed E-state index contributed by atoms with van der Waals surface area (Å²) in [6.07, 6.45) is 3.39. The average Bonchev–Trinajstić information content (AvgIpc) is 3.40. The summed E-state index contributed by atoms with van der Waals surface area (Å²) in [5, 5.41) is 4.22. The number of halogens is 1. The van der Waals surface area contributed by atoms with Gasteiger partial charge in [0.1, 0.15) is 17.0 Å². The molecule has 42 heavy (non-hydrogen) atoms. The molecule has 8 nitrogen and oxygen atoms in total. The molecule has 4 rings (SSSR count). The van der Waals surface area contributed by atoms with Crippen LogP contribution in [0.1, 0.15) is 67.8 Å². The fourth-order valence-electron chi connectivity index (χ4n) is 5.39. The summed E-state index contributed by atoms with van der Waals surface area (Å²) in [4.78, 5) is 42.3. The molecule has 224 valence electrons. The fourth-order valence-corrected chi connectivity index (χ4v) is 5.61. The lowest BCUT2D eigenvalue weighted by atomic mass is 9.82. The summed E-state index contributed by atoms with van der Waals surface area (Å²) < 4.78 is 9.21. The zero-order valence-electron chi connectivity index (χ0n) is 25.4. The number of carbonyl (C=O) groups is 2. The van der Waals surface area contributed by atoms with E-state index in [1.807, 2.05) is 83.0 Å². The van der Waals surface area contributed by atoms with Crippen LogP contribution >= 0.6 is 11.6 Å². The Morgan fingerprint density at radius 1 is 1.07 bits per heavy atom. The maximum atomic E-state index is 13.6. The van der Waals surface area contributed by atoms with Gasteiger partial charge >= 0.3 is 0 Å². The van der Waals surface area contributed by atoms with Crippen molar-refractivity contribution in [2.75, 3.05) is 26.0 Å². The molecule has 0 radical (unpaired) electrons. The van der Waals surface area contributed by atoms with Gasteiger partial charge in [0.15, 0.2) is 5.78 Å². The number of anilines is 1. The van der Waals surface area contributed by atoms with Gasteiger partial charge in [0.2, 0.25) is 5.91 Å². The summed E-state index contributed by atoms with van der Waals surface area (Å²) >= 11 is 6.27. The molecule has 0 unspecified atom stereocenters. The third kappa shape index (κ3) is 7.41. The van der Waals surface area contributed by atoms with Crippen LogP contribution in [0.25, 0.3) is 16.7 Å². The SMILES string of the molecule is Cc1cc2cc(Cl)cc(C(=O)CCC(C)(C)CC(=O)Nc3c(CCCCN(C)C)n(C)n(-c4ccccc4)c3=O)c2o1. The van der Waals surface area contributed by atoms with Crippen LogP contribution in [0, 0.1) is 12.3 Å². The van der Waals surface area contributed by atoms with Crippen molar-refractivity contribution in [3.05, 3.63) is 80.9 Å². The normalized spacial score (nSPS) is 11.9. The van der Waals surface area contributed by atoms with E-state index in [0.717, 1.165) is 36.2 Å². The Morgan fingerprint density at radius 3 is 2.48 bits per heavy atom. The largest absolute Gasteiger partial charge is 0.461 e. The predicted molar refractivity (Wildman–Crippen MR) is 169 cm³/mol. The van der Waals surface area contributed by atoms with E-state index in [-0.39, 0.29) is 30.1 Å². The molecule has 9 heteroatoms. The quantitative estimate of drug-likeness (QED) is 0.136. The molecule has 0 aliphatic heterocycles. The van der Waals surface area contributed by atoms with E-state index in [2.05, 4.69) is 10.2 Å². The number of fused-ring (bicyclic) bond motifs is 1. The minimum atomic E-state index is -0.490. The van der Waals surface area contributed by atoms with Crippen molar-refractivity contribution >= 4 is 39.9 Å². The number of ketones is 1. The molecular formula is C33H41ClN4O4. The van der Waals surface area contributed by atoms with Crippen LogP contribution in [0.2, 0.25) is 5.02 Å². The van der Waals surface area contributed by atoms with Gasteiger partial charge < -0.3 is 14.6 Å². The van der Waals surface area contributed by atoms with E-state index in [4.69, 9.17) is 16.0 Å². The third-order valence-corrected chi connectivity index (χ3v) is 7.81. The molecule has 2 heterocycles. The van der Waals surface area contributed by atoms with Gasteiger partial charge in [-0.2, -0.15) is 0 Å². The van der Waals surface area contributed by atoms with Crippen LogP contribution in [0.4, 0.5) is 5.69 Å². The van der Waals surface area contributed by atoms with Crippen LogP contribution in [-0.4, -0.2) is 46.6 Å². The Labute approximate surface area is 252 Å². The van der Waals surface area contributed by atoms with E-state index < -0.39 is 5.41 Å². The molecule has 2 aromatic carbocycles. The highest BCUT2D eigenvalue weighted by Gasteiger charge is 2.27. The Balaban J connectivity index is 1.48. The number of aryl methyl sites for hydroxylation is 1. The Morgan fingerprint density at radius 2 is 1.79 bits per heavy atom. The van der Waals surface area contributed by atoms with Gasteiger partial charge in [-0.1, -0.05) is 43.6 Å². The number of para-hydroxylation sites is 1. The molecule has 0 spiro atoms. The smallest absolute Gasteiger partial charge is 0.295 e. The predicted octanol–water partition coefficient (Wildman–Crippen LogP) is 6.79. The van der Waals surface area contributed by atoms with Crippen molar-refractivity contribution in [3.8, 4) is 5.69 Å². The Hall–Kier alpha value is -3.62. The second-order valence-corrected chi connectivity index (χ2v) is 12.5. The first kappa shape index (κ1) is 31.3. The highest BCUT2D eigenvalue weighted by atomic mass is 35.5. The first-order valence-corrected chi connectivity index (χ1v) is 14.8. The lowest BCUT2D eigenvalue weighted by molar-refractivity contribution is -0.118. The molecular weight excluding hydrogens is 552 g/mol. The van der Waals surface area contributed by atoms with Crippen LogP contribution in [0.3, 0.4) is 0 Å². The number of nitrogens with one attached hydrogen (secondary N) is 1. The van der Waals surface area contributed by atoms with E-state index in [1.165, 1.54) is 0 Å². The van der Waals surface area contributed by atoms with E-state index in [0.29, 0.717) is 40.5 Å². The molecule has 0 atom stereocenters. The van der Waals surface area contributed by atoms with E-state index >= 15 is 0 Å². The summed E-state index contributed by atoms with van der Waals surface area (Å²) in [6.45, 7) is 6.70. The molecule has 0 aliphatic rings. The molecule has 0 aliphatic carbocycles. The summed E-state index contributed by atoms with van der Waals surface area (Å²) in [5.41, 5.74) is 2.09. The van der Waals surface area contributed by atoms with Crippen molar-refractivity contribution in [2.24, 2.45) is 12.5 Å². The molecule has 1 N–H and O–H groups in total.